The molecule has 0 spiro atoms. The lowest BCUT2D eigenvalue weighted by Crippen LogP contribution is -2.35. The van der Waals surface area contributed by atoms with E-state index in [1.807, 2.05) is 6.92 Å². The molecule has 1 aromatic heterocycles. The van der Waals surface area contributed by atoms with Crippen molar-refractivity contribution in [3.05, 3.63) is 18.5 Å². The lowest BCUT2D eigenvalue weighted by atomic mass is 10.3. The Morgan fingerprint density at radius 3 is 2.74 bits per heavy atom. The van der Waals surface area contributed by atoms with Crippen molar-refractivity contribution in [2.75, 3.05) is 18.9 Å². The molecule has 0 bridgehead atoms. The first-order valence-electron chi connectivity index (χ1n) is 6.73. The molecule has 0 aromatic carbocycles. The van der Waals surface area contributed by atoms with E-state index in [9.17, 15) is 8.42 Å². The van der Waals surface area contributed by atoms with Gasteiger partial charge in [0.1, 0.15) is 4.90 Å². The quantitative estimate of drug-likeness (QED) is 0.898. The number of anilines is 1. The van der Waals surface area contributed by atoms with E-state index in [2.05, 4.69) is 10.3 Å². The zero-order valence-corrected chi connectivity index (χ0v) is 12.3. The van der Waals surface area contributed by atoms with Crippen LogP contribution in [0.25, 0.3) is 0 Å². The average molecular weight is 283 g/mol. The normalized spacial score (nSPS) is 17.0. The molecular weight excluding hydrogens is 262 g/mol. The van der Waals surface area contributed by atoms with Gasteiger partial charge in [-0.3, -0.25) is 4.98 Å². The predicted molar refractivity (Wildman–Crippen MR) is 75.6 cm³/mol. The van der Waals surface area contributed by atoms with Gasteiger partial charge in [-0.15, -0.1) is 0 Å². The Labute approximate surface area is 115 Å². The minimum atomic E-state index is -3.47. The number of aromatic nitrogens is 1. The summed E-state index contributed by atoms with van der Waals surface area (Å²) in [5.41, 5.74) is 0.627. The highest BCUT2D eigenvalue weighted by Gasteiger charge is 2.31. The van der Waals surface area contributed by atoms with Crippen LogP contribution in [0, 0.1) is 0 Å². The molecule has 0 radical (unpaired) electrons. The van der Waals surface area contributed by atoms with Crippen LogP contribution in [0.2, 0.25) is 0 Å². The average Bonchev–Trinajstić information content (AvgIpc) is 2.92. The number of rotatable bonds is 5. The summed E-state index contributed by atoms with van der Waals surface area (Å²) in [5, 5.41) is 3.08. The monoisotopic (exact) mass is 283 g/mol. The third-order valence-corrected chi connectivity index (χ3v) is 5.59. The Hall–Kier alpha value is -1.14. The molecule has 1 heterocycles. The number of hydrogen-bond acceptors (Lipinski definition) is 4. The second kappa shape index (κ2) is 5.88. The topological polar surface area (TPSA) is 62.3 Å². The Morgan fingerprint density at radius 2 is 2.11 bits per heavy atom. The zero-order valence-electron chi connectivity index (χ0n) is 11.5. The first-order chi connectivity index (χ1) is 9.07. The number of pyridine rings is 1. The first-order valence-corrected chi connectivity index (χ1v) is 8.17. The molecule has 1 aliphatic carbocycles. The Kier molecular flexibility index (Phi) is 4.42. The molecule has 1 fully saturated rings. The van der Waals surface area contributed by atoms with Crippen LogP contribution in [-0.4, -0.2) is 37.3 Å². The summed E-state index contributed by atoms with van der Waals surface area (Å²) in [4.78, 5) is 4.23. The number of sulfonamides is 1. The summed E-state index contributed by atoms with van der Waals surface area (Å²) >= 11 is 0. The number of nitrogens with zero attached hydrogens (tertiary/aromatic N) is 2. The van der Waals surface area contributed by atoms with Gasteiger partial charge in [0.15, 0.2) is 0 Å². The van der Waals surface area contributed by atoms with Crippen LogP contribution in [0.5, 0.6) is 0 Å². The molecular formula is C13H21N3O2S. The lowest BCUT2D eigenvalue weighted by molar-refractivity contribution is 0.373. The largest absolute Gasteiger partial charge is 0.384 e. The van der Waals surface area contributed by atoms with Gasteiger partial charge in [0, 0.05) is 32.0 Å². The summed E-state index contributed by atoms with van der Waals surface area (Å²) in [5.74, 6) is 0. The van der Waals surface area contributed by atoms with Crippen LogP contribution in [0.15, 0.2) is 23.4 Å². The van der Waals surface area contributed by atoms with Crippen molar-refractivity contribution in [2.24, 2.45) is 0 Å². The van der Waals surface area contributed by atoms with Gasteiger partial charge in [-0.2, -0.15) is 4.31 Å². The van der Waals surface area contributed by atoms with E-state index in [0.717, 1.165) is 25.7 Å². The molecule has 1 saturated carbocycles. The highest BCUT2D eigenvalue weighted by atomic mass is 32.2. The van der Waals surface area contributed by atoms with Crippen LogP contribution in [0.3, 0.4) is 0 Å². The summed E-state index contributed by atoms with van der Waals surface area (Å²) in [6, 6.07) is 1.83. The molecule has 1 aliphatic rings. The fourth-order valence-corrected chi connectivity index (χ4v) is 4.07. The predicted octanol–water partition coefficient (Wildman–Crippen LogP) is 2.08. The Morgan fingerprint density at radius 1 is 1.42 bits per heavy atom. The van der Waals surface area contributed by atoms with Gasteiger partial charge in [-0.25, -0.2) is 8.42 Å². The third kappa shape index (κ3) is 2.90. The molecule has 0 saturated heterocycles. The SMILES string of the molecule is CCNc1ccncc1S(=O)(=O)N(C)C1CCCC1. The number of nitrogens with one attached hydrogen (secondary N) is 1. The molecule has 19 heavy (non-hydrogen) atoms. The van der Waals surface area contributed by atoms with Gasteiger partial charge in [0.25, 0.3) is 0 Å². The van der Waals surface area contributed by atoms with Crippen molar-refractivity contribution in [1.82, 2.24) is 9.29 Å². The van der Waals surface area contributed by atoms with Crippen LogP contribution >= 0.6 is 0 Å². The maximum atomic E-state index is 12.7. The maximum absolute atomic E-state index is 12.7. The Bertz CT molecular complexity index is 524. The highest BCUT2D eigenvalue weighted by molar-refractivity contribution is 7.89. The van der Waals surface area contributed by atoms with Gasteiger partial charge in [0.2, 0.25) is 10.0 Å². The van der Waals surface area contributed by atoms with Gasteiger partial charge >= 0.3 is 0 Å². The van der Waals surface area contributed by atoms with Crippen molar-refractivity contribution in [3.8, 4) is 0 Å². The van der Waals surface area contributed by atoms with Gasteiger partial charge in [0.05, 0.1) is 5.69 Å². The van der Waals surface area contributed by atoms with Crippen molar-refractivity contribution in [1.29, 1.82) is 0 Å². The van der Waals surface area contributed by atoms with Crippen LogP contribution < -0.4 is 5.32 Å². The zero-order chi connectivity index (χ0) is 13.9. The second-order valence-electron chi connectivity index (χ2n) is 4.86. The van der Waals surface area contributed by atoms with E-state index in [1.165, 1.54) is 10.5 Å². The molecule has 2 rings (SSSR count). The van der Waals surface area contributed by atoms with Crippen LogP contribution in [-0.2, 0) is 10.0 Å². The smallest absolute Gasteiger partial charge is 0.246 e. The molecule has 1 N–H and O–H groups in total. The number of hydrogen-bond donors (Lipinski definition) is 1. The van der Waals surface area contributed by atoms with Gasteiger partial charge < -0.3 is 5.32 Å². The second-order valence-corrected chi connectivity index (χ2v) is 6.83. The van der Waals surface area contributed by atoms with Crippen molar-refractivity contribution < 1.29 is 8.42 Å². The van der Waals surface area contributed by atoms with E-state index in [1.54, 1.807) is 19.3 Å². The first kappa shape index (κ1) is 14.3. The standard InChI is InChI=1S/C13H21N3O2S/c1-3-15-12-8-9-14-10-13(12)19(17,18)16(2)11-6-4-5-7-11/h8-11H,3-7H2,1-2H3,(H,14,15). The van der Waals surface area contributed by atoms with Gasteiger partial charge in [-0.05, 0) is 25.8 Å². The highest BCUT2D eigenvalue weighted by Crippen LogP contribution is 2.29. The Balaban J connectivity index is 2.33. The molecule has 0 atom stereocenters. The maximum Gasteiger partial charge on any atom is 0.246 e. The van der Waals surface area contributed by atoms with E-state index in [-0.39, 0.29) is 10.9 Å². The van der Waals surface area contributed by atoms with E-state index >= 15 is 0 Å². The molecule has 0 amide bonds. The summed E-state index contributed by atoms with van der Waals surface area (Å²) in [6.45, 7) is 2.62. The molecule has 0 aliphatic heterocycles. The van der Waals surface area contributed by atoms with E-state index in [0.29, 0.717) is 12.2 Å². The van der Waals surface area contributed by atoms with Crippen molar-refractivity contribution in [2.45, 2.75) is 43.5 Å². The summed E-state index contributed by atoms with van der Waals surface area (Å²) < 4.78 is 26.8. The van der Waals surface area contributed by atoms with Gasteiger partial charge in [-0.1, -0.05) is 12.8 Å². The fourth-order valence-electron chi connectivity index (χ4n) is 2.54. The lowest BCUT2D eigenvalue weighted by Gasteiger charge is -2.24. The summed E-state index contributed by atoms with van der Waals surface area (Å²) in [7, 11) is -1.79. The minimum absolute atomic E-state index is 0.125. The third-order valence-electron chi connectivity index (χ3n) is 3.65. The van der Waals surface area contributed by atoms with E-state index < -0.39 is 10.0 Å². The van der Waals surface area contributed by atoms with E-state index in [4.69, 9.17) is 0 Å². The molecule has 6 heteroatoms. The minimum Gasteiger partial charge on any atom is -0.384 e. The van der Waals surface area contributed by atoms with Crippen LogP contribution in [0.1, 0.15) is 32.6 Å². The summed E-state index contributed by atoms with van der Waals surface area (Å²) in [6.07, 6.45) is 7.15. The van der Waals surface area contributed by atoms with Crippen molar-refractivity contribution in [3.63, 3.8) is 0 Å². The fraction of sp³-hybridized carbons (Fsp3) is 0.615. The molecule has 5 nitrogen and oxygen atoms in total. The van der Waals surface area contributed by atoms with Crippen molar-refractivity contribution >= 4 is 15.7 Å². The molecule has 106 valence electrons. The van der Waals surface area contributed by atoms with Crippen LogP contribution in [0.4, 0.5) is 5.69 Å². The molecule has 0 unspecified atom stereocenters. The molecule has 1 aromatic rings.